The lowest BCUT2D eigenvalue weighted by Gasteiger charge is -2.43. The summed E-state index contributed by atoms with van der Waals surface area (Å²) in [6.45, 7) is 19.9. The Kier molecular flexibility index (Phi) is 13.0. The number of benzene rings is 3. The Morgan fingerprint density at radius 2 is 1.10 bits per heavy atom. The first-order valence-electron chi connectivity index (χ1n) is 17.1. The van der Waals surface area contributed by atoms with E-state index in [4.69, 9.17) is 9.47 Å². The normalized spacial score (nSPS) is 13.7. The Balaban J connectivity index is 2.17. The van der Waals surface area contributed by atoms with E-state index in [0.717, 1.165) is 22.3 Å². The molecule has 0 spiro atoms. The van der Waals surface area contributed by atoms with Gasteiger partial charge in [0.1, 0.15) is 29.3 Å². The van der Waals surface area contributed by atoms with E-state index in [-0.39, 0.29) is 12.8 Å². The number of aryl methyl sites for hydroxylation is 2. The van der Waals surface area contributed by atoms with Crippen LogP contribution >= 0.6 is 0 Å². The van der Waals surface area contributed by atoms with Gasteiger partial charge in [-0.2, -0.15) is 0 Å². The standard InChI is InChI=1S/C41H55N3O6/c1-27-22-28(2)24-31(23-27)34(35(45)42-33(37(47)49-40(6,7)8)26-30-20-16-13-17-21-30)44(39(3,4)5)36(46)32(25-29-18-14-12-15-19-29)43-38(48)50-41(9,10)11/h12-24,32-34H,25-26H2,1-11H3,(H,42,45)(H,43,48). The van der Waals surface area contributed by atoms with Crippen LogP contribution in [-0.4, -0.2) is 57.6 Å². The van der Waals surface area contributed by atoms with Gasteiger partial charge in [0.2, 0.25) is 11.8 Å². The molecule has 3 atom stereocenters. The smallest absolute Gasteiger partial charge is 0.408 e. The summed E-state index contributed by atoms with van der Waals surface area (Å²) in [6, 6.07) is 21.2. The highest BCUT2D eigenvalue weighted by Gasteiger charge is 2.43. The Bertz CT molecular complexity index is 1600. The van der Waals surface area contributed by atoms with Crippen molar-refractivity contribution in [1.82, 2.24) is 15.5 Å². The maximum atomic E-state index is 15.0. The summed E-state index contributed by atoms with van der Waals surface area (Å²) >= 11 is 0. The largest absolute Gasteiger partial charge is 0.458 e. The van der Waals surface area contributed by atoms with Gasteiger partial charge >= 0.3 is 12.1 Å². The minimum atomic E-state index is -1.18. The number of alkyl carbamates (subject to hydrolysis) is 1. The van der Waals surface area contributed by atoms with Gasteiger partial charge in [-0.3, -0.25) is 9.59 Å². The van der Waals surface area contributed by atoms with Crippen LogP contribution in [0.15, 0.2) is 78.9 Å². The molecule has 50 heavy (non-hydrogen) atoms. The fraction of sp³-hybridized carbons (Fsp3) is 0.463. The summed E-state index contributed by atoms with van der Waals surface area (Å²) < 4.78 is 11.3. The number of hydrogen-bond acceptors (Lipinski definition) is 6. The third-order valence-electron chi connectivity index (χ3n) is 7.59. The number of carbonyl (C=O) groups excluding carboxylic acids is 4. The third kappa shape index (κ3) is 12.3. The molecule has 0 fully saturated rings. The van der Waals surface area contributed by atoms with Crippen LogP contribution in [0.5, 0.6) is 0 Å². The van der Waals surface area contributed by atoms with E-state index < -0.39 is 58.7 Å². The zero-order valence-electron chi connectivity index (χ0n) is 31.5. The van der Waals surface area contributed by atoms with Crippen molar-refractivity contribution >= 4 is 23.9 Å². The van der Waals surface area contributed by atoms with Crippen LogP contribution in [0.3, 0.4) is 0 Å². The van der Waals surface area contributed by atoms with Crippen LogP contribution in [0.2, 0.25) is 0 Å². The molecular weight excluding hydrogens is 630 g/mol. The molecule has 3 aromatic carbocycles. The van der Waals surface area contributed by atoms with Gasteiger partial charge in [0, 0.05) is 18.4 Å². The topological polar surface area (TPSA) is 114 Å². The molecule has 0 heterocycles. The molecule has 9 nitrogen and oxygen atoms in total. The van der Waals surface area contributed by atoms with Crippen LogP contribution in [0, 0.1) is 13.8 Å². The van der Waals surface area contributed by atoms with E-state index in [1.54, 1.807) is 41.5 Å². The van der Waals surface area contributed by atoms with Gasteiger partial charge in [0.15, 0.2) is 0 Å². The predicted octanol–water partition coefficient (Wildman–Crippen LogP) is 7.18. The van der Waals surface area contributed by atoms with E-state index in [1.807, 2.05) is 113 Å². The maximum absolute atomic E-state index is 15.0. The Morgan fingerprint density at radius 1 is 0.640 bits per heavy atom. The highest BCUT2D eigenvalue weighted by molar-refractivity contribution is 5.94. The van der Waals surface area contributed by atoms with Crippen molar-refractivity contribution in [2.75, 3.05) is 0 Å². The second kappa shape index (κ2) is 16.4. The molecule has 0 aliphatic rings. The SMILES string of the molecule is Cc1cc(C)cc(C(C(=O)NC(Cc2ccccc2)C(=O)OC(C)(C)C)N(C(=O)C(Cc2ccccc2)NC(=O)OC(C)(C)C)C(C)(C)C)c1. The van der Waals surface area contributed by atoms with E-state index in [9.17, 15) is 19.2 Å². The molecule has 3 rings (SSSR count). The van der Waals surface area contributed by atoms with Crippen LogP contribution < -0.4 is 10.6 Å². The Labute approximate surface area is 298 Å². The third-order valence-corrected chi connectivity index (χ3v) is 7.59. The first-order valence-corrected chi connectivity index (χ1v) is 17.1. The number of nitrogens with zero attached hydrogens (tertiary/aromatic N) is 1. The van der Waals surface area contributed by atoms with E-state index in [2.05, 4.69) is 10.6 Å². The predicted molar refractivity (Wildman–Crippen MR) is 196 cm³/mol. The zero-order chi connectivity index (χ0) is 37.4. The Morgan fingerprint density at radius 3 is 1.54 bits per heavy atom. The van der Waals surface area contributed by atoms with Crippen LogP contribution in [-0.2, 0) is 36.7 Å². The molecule has 270 valence electrons. The molecular formula is C41H55N3O6. The number of nitrogens with one attached hydrogen (secondary N) is 2. The zero-order valence-corrected chi connectivity index (χ0v) is 31.5. The number of esters is 1. The fourth-order valence-corrected chi connectivity index (χ4v) is 5.76. The summed E-state index contributed by atoms with van der Waals surface area (Å²) in [5.74, 6) is -1.62. The van der Waals surface area contributed by atoms with Crippen molar-refractivity contribution < 1.29 is 28.7 Å². The number of carbonyl (C=O) groups is 4. The fourth-order valence-electron chi connectivity index (χ4n) is 5.76. The average molecular weight is 686 g/mol. The lowest BCUT2D eigenvalue weighted by Crippen LogP contribution is -2.60. The van der Waals surface area contributed by atoms with Gasteiger partial charge in [-0.25, -0.2) is 9.59 Å². The lowest BCUT2D eigenvalue weighted by atomic mass is 9.92. The van der Waals surface area contributed by atoms with Crippen LogP contribution in [0.1, 0.15) is 96.2 Å². The van der Waals surface area contributed by atoms with Crippen molar-refractivity contribution in [3.05, 3.63) is 107 Å². The molecule has 0 aliphatic heterocycles. The Hall–Kier alpha value is -4.66. The van der Waals surface area contributed by atoms with Gasteiger partial charge in [-0.15, -0.1) is 0 Å². The quantitative estimate of drug-likeness (QED) is 0.207. The van der Waals surface area contributed by atoms with Crippen molar-refractivity contribution in [3.8, 4) is 0 Å². The summed E-state index contributed by atoms with van der Waals surface area (Å²) in [6.07, 6.45) is -0.413. The van der Waals surface area contributed by atoms with Crippen LogP contribution in [0.25, 0.3) is 0 Å². The number of hydrogen-bond donors (Lipinski definition) is 2. The van der Waals surface area contributed by atoms with Crippen molar-refractivity contribution in [3.63, 3.8) is 0 Å². The second-order valence-electron chi connectivity index (χ2n) is 15.9. The molecule has 2 N–H and O–H groups in total. The molecule has 0 saturated heterocycles. The van der Waals surface area contributed by atoms with Gasteiger partial charge in [0.05, 0.1) is 0 Å². The van der Waals surface area contributed by atoms with Gasteiger partial charge < -0.3 is 25.0 Å². The molecule has 0 saturated carbocycles. The first kappa shape index (κ1) is 39.8. The van der Waals surface area contributed by atoms with Gasteiger partial charge in [-0.05, 0) is 92.9 Å². The summed E-state index contributed by atoms with van der Waals surface area (Å²) in [5, 5.41) is 5.78. The number of rotatable bonds is 11. The molecule has 0 bridgehead atoms. The average Bonchev–Trinajstić information content (AvgIpc) is 2.97. The molecule has 9 heteroatoms. The molecule has 0 aromatic heterocycles. The van der Waals surface area contributed by atoms with Crippen molar-refractivity contribution in [2.45, 2.75) is 124 Å². The monoisotopic (exact) mass is 685 g/mol. The summed E-state index contributed by atoms with van der Waals surface area (Å²) in [5.41, 5.74) is 1.50. The number of amides is 3. The molecule has 3 amide bonds. The minimum absolute atomic E-state index is 0.154. The first-order chi connectivity index (χ1) is 23.1. The second-order valence-corrected chi connectivity index (χ2v) is 15.9. The molecule has 3 unspecified atom stereocenters. The number of ether oxygens (including phenoxy) is 2. The van der Waals surface area contributed by atoms with Crippen LogP contribution in [0.4, 0.5) is 4.79 Å². The van der Waals surface area contributed by atoms with Gasteiger partial charge in [0.25, 0.3) is 0 Å². The van der Waals surface area contributed by atoms with Gasteiger partial charge in [-0.1, -0.05) is 90.0 Å². The maximum Gasteiger partial charge on any atom is 0.408 e. The summed E-state index contributed by atoms with van der Waals surface area (Å²) in [7, 11) is 0. The highest BCUT2D eigenvalue weighted by atomic mass is 16.6. The van der Waals surface area contributed by atoms with Crippen molar-refractivity contribution in [1.29, 1.82) is 0 Å². The van der Waals surface area contributed by atoms with Crippen molar-refractivity contribution in [2.24, 2.45) is 0 Å². The summed E-state index contributed by atoms with van der Waals surface area (Å²) in [4.78, 5) is 58.1. The highest BCUT2D eigenvalue weighted by Crippen LogP contribution is 2.32. The van der Waals surface area contributed by atoms with E-state index in [0.29, 0.717) is 5.56 Å². The van der Waals surface area contributed by atoms with E-state index in [1.165, 1.54) is 4.90 Å². The van der Waals surface area contributed by atoms with E-state index >= 15 is 0 Å². The molecule has 0 radical (unpaired) electrons. The molecule has 0 aliphatic carbocycles. The lowest BCUT2D eigenvalue weighted by molar-refractivity contribution is -0.159. The minimum Gasteiger partial charge on any atom is -0.458 e. The molecule has 3 aromatic rings.